The molecule has 0 aromatic heterocycles. The molecular formula is C8H14FN. The molecule has 0 N–H and O–H groups in total. The number of hydrogen-bond acceptors (Lipinski definition) is 0. The van der Waals surface area contributed by atoms with Crippen LogP contribution in [0.2, 0.25) is 0 Å². The molecule has 0 saturated carbocycles. The van der Waals surface area contributed by atoms with Gasteiger partial charge in [0.25, 0.3) is 0 Å². The van der Waals surface area contributed by atoms with Crippen LogP contribution in [-0.2, 0) is 0 Å². The maximum atomic E-state index is 12.7. The molecule has 0 fully saturated rings. The molecule has 0 rings (SSSR count). The number of halogens is 1. The molecule has 58 valence electrons. The van der Waals surface area contributed by atoms with E-state index >= 15 is 0 Å². The van der Waals surface area contributed by atoms with E-state index in [0.29, 0.717) is 25.3 Å². The smallest absolute Gasteiger partial charge is 0.217 e. The van der Waals surface area contributed by atoms with Gasteiger partial charge in [0, 0.05) is 0 Å². The van der Waals surface area contributed by atoms with Crippen LogP contribution in [0, 0.1) is 12.5 Å². The quantitative estimate of drug-likeness (QED) is 0.533. The summed E-state index contributed by atoms with van der Waals surface area (Å²) in [6, 6.07) is 0. The van der Waals surface area contributed by atoms with Crippen molar-refractivity contribution in [3.05, 3.63) is 11.4 Å². The van der Waals surface area contributed by atoms with Crippen molar-refractivity contribution in [2.24, 2.45) is 5.92 Å². The summed E-state index contributed by atoms with van der Waals surface area (Å²) in [6.45, 7) is 10.7. The Morgan fingerprint density at radius 1 is 1.50 bits per heavy atom. The van der Waals surface area contributed by atoms with Crippen molar-refractivity contribution in [1.82, 2.24) is 0 Å². The average molecular weight is 143 g/mol. The molecular weight excluding hydrogens is 129 g/mol. The molecule has 0 aliphatic carbocycles. The Labute approximate surface area is 62.1 Å². The molecule has 0 aromatic carbocycles. The minimum Gasteiger partial charge on any atom is -0.317 e. The zero-order chi connectivity index (χ0) is 7.98. The summed E-state index contributed by atoms with van der Waals surface area (Å²) in [5.41, 5.74) is 0. The van der Waals surface area contributed by atoms with Crippen LogP contribution in [0.25, 0.3) is 4.85 Å². The molecule has 0 amide bonds. The van der Waals surface area contributed by atoms with Crippen molar-refractivity contribution in [3.63, 3.8) is 0 Å². The highest BCUT2D eigenvalue weighted by Crippen LogP contribution is 2.10. The molecule has 0 spiro atoms. The van der Waals surface area contributed by atoms with Crippen molar-refractivity contribution < 1.29 is 4.39 Å². The molecule has 2 heteroatoms. The van der Waals surface area contributed by atoms with Crippen LogP contribution in [0.4, 0.5) is 4.39 Å². The summed E-state index contributed by atoms with van der Waals surface area (Å²) >= 11 is 0. The molecule has 0 aliphatic heterocycles. The van der Waals surface area contributed by atoms with Crippen molar-refractivity contribution >= 4 is 0 Å². The van der Waals surface area contributed by atoms with Gasteiger partial charge in [-0.05, 0) is 12.3 Å². The fraction of sp³-hybridized carbons (Fsp3) is 0.875. The third-order valence-corrected chi connectivity index (χ3v) is 1.28. The average Bonchev–Trinajstić information content (AvgIpc) is 1.82. The fourth-order valence-corrected chi connectivity index (χ4v) is 0.834. The lowest BCUT2D eigenvalue weighted by Crippen LogP contribution is -2.05. The zero-order valence-electron chi connectivity index (χ0n) is 6.60. The van der Waals surface area contributed by atoms with Gasteiger partial charge in [0.15, 0.2) is 0 Å². The van der Waals surface area contributed by atoms with Crippen LogP contribution in [0.15, 0.2) is 0 Å². The first kappa shape index (κ1) is 9.42. The Kier molecular flexibility index (Phi) is 4.92. The van der Waals surface area contributed by atoms with Crippen LogP contribution in [-0.4, -0.2) is 12.7 Å². The standard InChI is InChI=1S/C8H14FN/c1-7(2)6-8(9)4-5-10-3/h7-8H,4-6H2,1-2H3. The van der Waals surface area contributed by atoms with Crippen molar-refractivity contribution in [2.45, 2.75) is 32.9 Å². The molecule has 0 radical (unpaired) electrons. The summed E-state index contributed by atoms with van der Waals surface area (Å²) < 4.78 is 12.7. The molecule has 0 aliphatic rings. The number of alkyl halides is 1. The van der Waals surface area contributed by atoms with E-state index in [-0.39, 0.29) is 0 Å². The second kappa shape index (κ2) is 5.22. The van der Waals surface area contributed by atoms with E-state index in [4.69, 9.17) is 6.57 Å². The predicted octanol–water partition coefficient (Wildman–Crippen LogP) is 2.68. The maximum absolute atomic E-state index is 12.7. The zero-order valence-corrected chi connectivity index (χ0v) is 6.60. The highest BCUT2D eigenvalue weighted by molar-refractivity contribution is 4.66. The SMILES string of the molecule is [C-]#[N+]CCC(F)CC(C)C. The van der Waals surface area contributed by atoms with E-state index in [0.717, 1.165) is 0 Å². The van der Waals surface area contributed by atoms with Crippen LogP contribution in [0.5, 0.6) is 0 Å². The van der Waals surface area contributed by atoms with E-state index < -0.39 is 6.17 Å². The summed E-state index contributed by atoms with van der Waals surface area (Å²) in [5, 5.41) is 0. The second-order valence-corrected chi connectivity index (χ2v) is 2.90. The first-order valence-corrected chi connectivity index (χ1v) is 3.64. The minimum absolute atomic E-state index is 0.327. The first-order valence-electron chi connectivity index (χ1n) is 3.64. The second-order valence-electron chi connectivity index (χ2n) is 2.90. The minimum atomic E-state index is -0.769. The van der Waals surface area contributed by atoms with Crippen molar-refractivity contribution in [1.29, 1.82) is 0 Å². The number of rotatable bonds is 4. The van der Waals surface area contributed by atoms with Gasteiger partial charge in [0.1, 0.15) is 6.17 Å². The van der Waals surface area contributed by atoms with Crippen LogP contribution in [0.1, 0.15) is 26.7 Å². The topological polar surface area (TPSA) is 4.36 Å². The molecule has 0 bridgehead atoms. The normalized spacial score (nSPS) is 13.1. The Morgan fingerprint density at radius 2 is 2.10 bits per heavy atom. The summed E-state index contributed by atoms with van der Waals surface area (Å²) in [7, 11) is 0. The van der Waals surface area contributed by atoms with Crippen molar-refractivity contribution in [3.8, 4) is 0 Å². The lowest BCUT2D eigenvalue weighted by atomic mass is 10.1. The molecule has 1 unspecified atom stereocenters. The fourth-order valence-electron chi connectivity index (χ4n) is 0.834. The number of hydrogen-bond donors (Lipinski definition) is 0. The predicted molar refractivity (Wildman–Crippen MR) is 40.4 cm³/mol. The Bertz CT molecular complexity index is 115. The molecule has 0 heterocycles. The van der Waals surface area contributed by atoms with Gasteiger partial charge in [-0.25, -0.2) is 11.0 Å². The molecule has 1 nitrogen and oxygen atoms in total. The Morgan fingerprint density at radius 3 is 2.50 bits per heavy atom. The number of nitrogens with zero attached hydrogens (tertiary/aromatic N) is 1. The Hall–Kier alpha value is -0.580. The van der Waals surface area contributed by atoms with Gasteiger partial charge in [0.2, 0.25) is 6.54 Å². The van der Waals surface area contributed by atoms with Gasteiger partial charge >= 0.3 is 0 Å². The van der Waals surface area contributed by atoms with Gasteiger partial charge in [-0.15, -0.1) is 0 Å². The Balaban J connectivity index is 3.27. The third-order valence-electron chi connectivity index (χ3n) is 1.28. The van der Waals surface area contributed by atoms with E-state index in [9.17, 15) is 4.39 Å². The van der Waals surface area contributed by atoms with Gasteiger partial charge < -0.3 is 4.85 Å². The van der Waals surface area contributed by atoms with Gasteiger partial charge in [-0.2, -0.15) is 0 Å². The maximum Gasteiger partial charge on any atom is 0.217 e. The lowest BCUT2D eigenvalue weighted by Gasteiger charge is -2.06. The van der Waals surface area contributed by atoms with Crippen LogP contribution < -0.4 is 0 Å². The lowest BCUT2D eigenvalue weighted by molar-refractivity contribution is 0.274. The van der Waals surface area contributed by atoms with E-state index in [1.807, 2.05) is 13.8 Å². The van der Waals surface area contributed by atoms with Crippen molar-refractivity contribution in [2.75, 3.05) is 6.54 Å². The molecule has 10 heavy (non-hydrogen) atoms. The first-order chi connectivity index (χ1) is 4.66. The largest absolute Gasteiger partial charge is 0.317 e. The van der Waals surface area contributed by atoms with E-state index in [1.54, 1.807) is 0 Å². The molecule has 0 aromatic rings. The molecule has 0 saturated heterocycles. The van der Waals surface area contributed by atoms with Crippen LogP contribution >= 0.6 is 0 Å². The summed E-state index contributed by atoms with van der Waals surface area (Å²) in [4.78, 5) is 3.09. The van der Waals surface area contributed by atoms with Gasteiger partial charge in [-0.1, -0.05) is 13.8 Å². The van der Waals surface area contributed by atoms with E-state index in [2.05, 4.69) is 4.85 Å². The highest BCUT2D eigenvalue weighted by atomic mass is 19.1. The summed E-state index contributed by atoms with van der Waals surface area (Å²) in [5.74, 6) is 0.403. The van der Waals surface area contributed by atoms with Crippen LogP contribution in [0.3, 0.4) is 0 Å². The van der Waals surface area contributed by atoms with Gasteiger partial charge in [-0.3, -0.25) is 0 Å². The van der Waals surface area contributed by atoms with E-state index in [1.165, 1.54) is 0 Å². The third kappa shape index (κ3) is 5.55. The molecule has 1 atom stereocenters. The summed E-state index contributed by atoms with van der Waals surface area (Å²) in [6.07, 6.45) is 0.228. The monoisotopic (exact) mass is 143 g/mol. The van der Waals surface area contributed by atoms with Gasteiger partial charge in [0.05, 0.1) is 6.42 Å². The highest BCUT2D eigenvalue weighted by Gasteiger charge is 2.09.